The molecule has 0 aliphatic carbocycles. The molecule has 176 valence electrons. The second-order valence-corrected chi connectivity index (χ2v) is 9.53. The summed E-state index contributed by atoms with van der Waals surface area (Å²) in [4.78, 5) is 9.40. The third-order valence-electron chi connectivity index (χ3n) is 5.28. The highest BCUT2D eigenvalue weighted by Crippen LogP contribution is 2.36. The predicted octanol–water partition coefficient (Wildman–Crippen LogP) is 3.96. The molecule has 0 unspecified atom stereocenters. The minimum Gasteiger partial charge on any atom is -0.369 e. The van der Waals surface area contributed by atoms with Crippen LogP contribution in [0.25, 0.3) is 10.9 Å². The quantitative estimate of drug-likeness (QED) is 0.511. The number of hydrogen-bond acceptors (Lipinski definition) is 7. The lowest BCUT2D eigenvalue weighted by molar-refractivity contribution is -0.139. The Morgan fingerprint density at radius 1 is 1.15 bits per heavy atom. The van der Waals surface area contributed by atoms with Crippen LogP contribution in [0.2, 0.25) is 0 Å². The number of benzene rings is 1. The fourth-order valence-electron chi connectivity index (χ4n) is 3.79. The number of hydrogen-bond donors (Lipinski definition) is 0. The van der Waals surface area contributed by atoms with Gasteiger partial charge >= 0.3 is 6.18 Å². The Morgan fingerprint density at radius 2 is 1.88 bits per heavy atom. The molecule has 1 aliphatic heterocycles. The van der Waals surface area contributed by atoms with E-state index in [1.54, 1.807) is 31.2 Å². The monoisotopic (exact) mass is 481 g/mol. The highest BCUT2D eigenvalue weighted by atomic mass is 32.2. The van der Waals surface area contributed by atoms with Crippen molar-refractivity contribution in [1.29, 1.82) is 0 Å². The van der Waals surface area contributed by atoms with E-state index in [1.165, 1.54) is 24.5 Å². The van der Waals surface area contributed by atoms with E-state index in [4.69, 9.17) is 8.92 Å². The fraction of sp³-hybridized carbons (Fsp3) is 0.364. The Labute approximate surface area is 189 Å². The van der Waals surface area contributed by atoms with E-state index in [-0.39, 0.29) is 29.7 Å². The van der Waals surface area contributed by atoms with Crippen LogP contribution in [0.15, 0.2) is 53.7 Å². The first-order valence-electron chi connectivity index (χ1n) is 10.2. The summed E-state index contributed by atoms with van der Waals surface area (Å²) < 4.78 is 76.2. The molecule has 1 fully saturated rings. The van der Waals surface area contributed by atoms with E-state index in [2.05, 4.69) is 9.97 Å². The molecule has 2 atom stereocenters. The molecule has 0 amide bonds. The van der Waals surface area contributed by atoms with Crippen LogP contribution in [0.1, 0.15) is 18.2 Å². The van der Waals surface area contributed by atoms with Crippen LogP contribution in [0.4, 0.5) is 18.9 Å². The maximum atomic E-state index is 13.4. The van der Waals surface area contributed by atoms with Gasteiger partial charge in [0.2, 0.25) is 0 Å². The number of morpholine rings is 1. The lowest BCUT2D eigenvalue weighted by Crippen LogP contribution is -2.48. The first-order chi connectivity index (χ1) is 15.5. The van der Waals surface area contributed by atoms with Crippen LogP contribution < -0.4 is 4.90 Å². The lowest BCUT2D eigenvalue weighted by atomic mass is 10.1. The molecule has 3 aromatic rings. The highest BCUT2D eigenvalue weighted by Gasteiger charge is 2.37. The van der Waals surface area contributed by atoms with Crippen molar-refractivity contribution in [3.05, 3.63) is 60.0 Å². The molecule has 0 spiro atoms. The topological polar surface area (TPSA) is 81.6 Å². The van der Waals surface area contributed by atoms with Gasteiger partial charge in [-0.1, -0.05) is 17.7 Å². The molecular weight excluding hydrogens is 459 g/mol. The van der Waals surface area contributed by atoms with Crippen molar-refractivity contribution in [3.8, 4) is 0 Å². The number of ether oxygens (including phenoxy) is 1. The van der Waals surface area contributed by atoms with Gasteiger partial charge in [-0.3, -0.25) is 9.17 Å². The van der Waals surface area contributed by atoms with Gasteiger partial charge in [-0.15, -0.1) is 0 Å². The van der Waals surface area contributed by atoms with Crippen molar-refractivity contribution in [2.75, 3.05) is 24.6 Å². The zero-order valence-corrected chi connectivity index (χ0v) is 18.7. The molecule has 1 saturated heterocycles. The normalized spacial score (nSPS) is 19.7. The number of halogens is 3. The summed E-state index contributed by atoms with van der Waals surface area (Å²) in [6, 6.07) is 9.40. The van der Waals surface area contributed by atoms with E-state index in [0.717, 1.165) is 5.56 Å². The summed E-state index contributed by atoms with van der Waals surface area (Å²) >= 11 is 0. The van der Waals surface area contributed by atoms with Crippen LogP contribution in [0, 0.1) is 6.92 Å². The maximum Gasteiger partial charge on any atom is 0.435 e. The van der Waals surface area contributed by atoms with E-state index < -0.39 is 28.1 Å². The minimum atomic E-state index is -4.63. The largest absolute Gasteiger partial charge is 0.435 e. The Morgan fingerprint density at radius 3 is 2.58 bits per heavy atom. The first kappa shape index (κ1) is 23.4. The van der Waals surface area contributed by atoms with Crippen LogP contribution in [-0.2, 0) is 25.2 Å². The summed E-state index contributed by atoms with van der Waals surface area (Å²) in [6.45, 7) is 4.01. The zero-order chi connectivity index (χ0) is 23.8. The van der Waals surface area contributed by atoms with Gasteiger partial charge in [-0.2, -0.15) is 21.6 Å². The molecule has 3 heterocycles. The third kappa shape index (κ3) is 5.10. The molecule has 0 radical (unpaired) electrons. The number of pyridine rings is 2. The maximum absolute atomic E-state index is 13.4. The van der Waals surface area contributed by atoms with Crippen molar-refractivity contribution < 1.29 is 30.5 Å². The molecule has 2 aromatic heterocycles. The number of rotatable bonds is 5. The summed E-state index contributed by atoms with van der Waals surface area (Å²) in [6.07, 6.45) is -3.11. The van der Waals surface area contributed by atoms with Crippen molar-refractivity contribution in [3.63, 3.8) is 0 Å². The molecule has 0 N–H and O–H groups in total. The molecule has 7 nitrogen and oxygen atoms in total. The van der Waals surface area contributed by atoms with Gasteiger partial charge < -0.3 is 9.64 Å². The van der Waals surface area contributed by atoms with E-state index >= 15 is 0 Å². The number of fused-ring (bicyclic) bond motifs is 1. The summed E-state index contributed by atoms with van der Waals surface area (Å²) in [7, 11) is -3.98. The van der Waals surface area contributed by atoms with E-state index in [9.17, 15) is 21.6 Å². The van der Waals surface area contributed by atoms with Crippen LogP contribution in [0.5, 0.6) is 0 Å². The van der Waals surface area contributed by atoms with Crippen LogP contribution in [0.3, 0.4) is 0 Å². The smallest absolute Gasteiger partial charge is 0.369 e. The van der Waals surface area contributed by atoms with Gasteiger partial charge in [0.25, 0.3) is 10.1 Å². The van der Waals surface area contributed by atoms with Gasteiger partial charge in [0.1, 0.15) is 11.6 Å². The van der Waals surface area contributed by atoms with E-state index in [1.807, 2.05) is 11.8 Å². The third-order valence-corrected chi connectivity index (χ3v) is 6.57. The Bertz CT molecular complexity index is 1250. The number of aromatic nitrogens is 2. The average molecular weight is 481 g/mol. The van der Waals surface area contributed by atoms with Crippen molar-refractivity contribution in [1.82, 2.24) is 9.97 Å². The van der Waals surface area contributed by atoms with Crippen molar-refractivity contribution in [2.24, 2.45) is 0 Å². The van der Waals surface area contributed by atoms with Gasteiger partial charge in [0.05, 0.1) is 29.5 Å². The van der Waals surface area contributed by atoms with Crippen molar-refractivity contribution in [2.45, 2.75) is 37.1 Å². The van der Waals surface area contributed by atoms with Crippen molar-refractivity contribution >= 4 is 26.7 Å². The SMILES string of the molecule is Cc1ccc(S(=O)(=O)OC[C@H]2CN(c3cnc(C(F)(F)F)c4ncccc34)C[C@@H](C)O2)cc1. The molecule has 33 heavy (non-hydrogen) atoms. The molecule has 11 heteroatoms. The number of aryl methyl sites for hydroxylation is 1. The van der Waals surface area contributed by atoms with E-state index in [0.29, 0.717) is 17.6 Å². The minimum absolute atomic E-state index is 0.0396. The summed E-state index contributed by atoms with van der Waals surface area (Å²) in [5.41, 5.74) is 0.0946. The highest BCUT2D eigenvalue weighted by molar-refractivity contribution is 7.86. The van der Waals surface area contributed by atoms with Gasteiger partial charge in [-0.25, -0.2) is 4.98 Å². The second kappa shape index (κ2) is 8.88. The molecular formula is C22H22F3N3O4S. The second-order valence-electron chi connectivity index (χ2n) is 7.91. The first-order valence-corrected chi connectivity index (χ1v) is 11.6. The predicted molar refractivity (Wildman–Crippen MR) is 115 cm³/mol. The molecule has 1 aliphatic rings. The van der Waals surface area contributed by atoms with Crippen LogP contribution >= 0.6 is 0 Å². The Balaban J connectivity index is 1.56. The Hall–Kier alpha value is -2.76. The van der Waals surface area contributed by atoms with Gasteiger partial charge in [-0.05, 0) is 38.1 Å². The molecule has 0 saturated carbocycles. The fourth-order valence-corrected chi connectivity index (χ4v) is 4.73. The lowest BCUT2D eigenvalue weighted by Gasteiger charge is -2.38. The molecule has 4 rings (SSSR count). The zero-order valence-electron chi connectivity index (χ0n) is 17.9. The summed E-state index contributed by atoms with van der Waals surface area (Å²) in [5, 5.41) is 0.306. The summed E-state index contributed by atoms with van der Waals surface area (Å²) in [5.74, 6) is 0. The van der Waals surface area contributed by atoms with Gasteiger partial charge in [0, 0.05) is 24.7 Å². The number of alkyl halides is 3. The number of nitrogens with zero attached hydrogens (tertiary/aromatic N) is 3. The number of anilines is 1. The molecule has 0 bridgehead atoms. The average Bonchev–Trinajstić information content (AvgIpc) is 2.76. The Kier molecular flexibility index (Phi) is 6.30. The molecule has 1 aromatic carbocycles. The standard InChI is InChI=1S/C22H22F3N3O4S/c1-14-5-7-17(8-6-14)33(29,30)31-13-16-12-28(11-15(2)32-16)19-10-27-21(22(23,24)25)20-18(19)4-3-9-26-20/h3-10,15-16H,11-13H2,1-2H3/t15-,16-/m1/s1. The van der Waals surface area contributed by atoms with Crippen LogP contribution in [-0.4, -0.2) is 50.3 Å². The van der Waals surface area contributed by atoms with Gasteiger partial charge in [0.15, 0.2) is 5.69 Å².